The monoisotopic (exact) mass is 486 g/mol. The van der Waals surface area contributed by atoms with Gasteiger partial charge in [0.05, 0.1) is 32.1 Å². The highest BCUT2D eigenvalue weighted by Crippen LogP contribution is 2.37. The molecule has 0 N–H and O–H groups in total. The van der Waals surface area contributed by atoms with Crippen molar-refractivity contribution in [3.05, 3.63) is 54.7 Å². The summed E-state index contributed by atoms with van der Waals surface area (Å²) in [5, 5.41) is 0.842. The second-order valence-corrected chi connectivity index (χ2v) is 10.1. The first-order chi connectivity index (χ1) is 16.5. The van der Waals surface area contributed by atoms with Gasteiger partial charge in [-0.1, -0.05) is 18.2 Å². The van der Waals surface area contributed by atoms with E-state index in [4.69, 9.17) is 14.2 Å². The topological polar surface area (TPSA) is 87.2 Å². The molecule has 4 rings (SSSR count). The summed E-state index contributed by atoms with van der Waals surface area (Å²) in [7, 11) is -0.600. The summed E-state index contributed by atoms with van der Waals surface area (Å²) < 4.78 is 45.4. The van der Waals surface area contributed by atoms with E-state index in [0.29, 0.717) is 36.3 Å². The first kappa shape index (κ1) is 24.3. The van der Waals surface area contributed by atoms with Crippen molar-refractivity contribution in [3.8, 4) is 23.0 Å². The quantitative estimate of drug-likeness (QED) is 0.396. The Hall–Kier alpha value is -2.88. The van der Waals surface area contributed by atoms with Crippen LogP contribution in [0.2, 0.25) is 0 Å². The SMILES string of the molecule is COc1cc2c(Oc3ccccc3)ccnc2cc1OCC1CCN(CCS(=O)(=O)OC)CC1. The Bertz CT molecular complexity index is 1190. The van der Waals surface area contributed by atoms with E-state index in [-0.39, 0.29) is 5.75 Å². The van der Waals surface area contributed by atoms with E-state index in [2.05, 4.69) is 14.1 Å². The molecule has 34 heavy (non-hydrogen) atoms. The van der Waals surface area contributed by atoms with E-state index in [0.717, 1.165) is 42.6 Å². The van der Waals surface area contributed by atoms with Crippen molar-refractivity contribution in [1.82, 2.24) is 9.88 Å². The van der Waals surface area contributed by atoms with Crippen molar-refractivity contribution in [2.24, 2.45) is 5.92 Å². The molecule has 0 radical (unpaired) electrons. The van der Waals surface area contributed by atoms with Crippen LogP contribution in [0.3, 0.4) is 0 Å². The van der Waals surface area contributed by atoms with E-state index in [1.165, 1.54) is 7.11 Å². The minimum atomic E-state index is -3.42. The van der Waals surface area contributed by atoms with E-state index >= 15 is 0 Å². The number of methoxy groups -OCH3 is 1. The average Bonchev–Trinajstić information content (AvgIpc) is 2.87. The van der Waals surface area contributed by atoms with Crippen molar-refractivity contribution < 1.29 is 26.8 Å². The van der Waals surface area contributed by atoms with Crippen LogP contribution in [0, 0.1) is 5.92 Å². The molecule has 0 saturated carbocycles. The Morgan fingerprint density at radius 1 is 1.00 bits per heavy atom. The molecule has 2 heterocycles. The molecule has 0 aliphatic carbocycles. The number of rotatable bonds is 10. The standard InChI is InChI=1S/C25H30N2O6S/c1-30-24-16-21-22(26-11-8-23(21)33-20-6-4-3-5-7-20)17-25(24)32-18-19-9-12-27(13-10-19)14-15-34(28,29)31-2/h3-8,11,16-17,19H,9-10,12-15,18H2,1-2H3. The number of piperidine rings is 1. The number of hydrogen-bond acceptors (Lipinski definition) is 8. The largest absolute Gasteiger partial charge is 0.493 e. The van der Waals surface area contributed by atoms with Crippen LogP contribution in [-0.4, -0.2) is 64.5 Å². The van der Waals surface area contributed by atoms with E-state index in [1.807, 2.05) is 48.5 Å². The molecule has 1 aliphatic rings. The average molecular weight is 487 g/mol. The fraction of sp³-hybridized carbons (Fsp3) is 0.400. The van der Waals surface area contributed by atoms with Crippen LogP contribution in [0.1, 0.15) is 12.8 Å². The van der Waals surface area contributed by atoms with Crippen molar-refractivity contribution in [2.45, 2.75) is 12.8 Å². The Labute approximate surface area is 200 Å². The van der Waals surface area contributed by atoms with Gasteiger partial charge < -0.3 is 19.1 Å². The van der Waals surface area contributed by atoms with Crippen molar-refractivity contribution in [2.75, 3.05) is 46.2 Å². The summed E-state index contributed by atoms with van der Waals surface area (Å²) in [4.78, 5) is 6.64. The molecule has 0 bridgehead atoms. The Morgan fingerprint density at radius 3 is 2.47 bits per heavy atom. The van der Waals surface area contributed by atoms with Crippen molar-refractivity contribution in [3.63, 3.8) is 0 Å². The number of likely N-dealkylation sites (tertiary alicyclic amines) is 1. The minimum absolute atomic E-state index is 0.0158. The van der Waals surface area contributed by atoms with Crippen LogP contribution < -0.4 is 14.2 Å². The first-order valence-corrected chi connectivity index (χ1v) is 12.9. The van der Waals surface area contributed by atoms with Crippen LogP contribution in [0.15, 0.2) is 54.7 Å². The summed E-state index contributed by atoms with van der Waals surface area (Å²) in [6, 6.07) is 15.2. The normalized spacial score (nSPS) is 15.4. The van der Waals surface area contributed by atoms with Gasteiger partial charge in [0.2, 0.25) is 0 Å². The second kappa shape index (κ2) is 11.0. The molecule has 1 aliphatic heterocycles. The summed E-state index contributed by atoms with van der Waals surface area (Å²) in [5.41, 5.74) is 0.762. The maximum Gasteiger partial charge on any atom is 0.268 e. The second-order valence-electron chi connectivity index (χ2n) is 8.27. The molecule has 8 nitrogen and oxygen atoms in total. The molecular weight excluding hydrogens is 456 g/mol. The van der Waals surface area contributed by atoms with Gasteiger partial charge in [-0.3, -0.25) is 9.17 Å². The van der Waals surface area contributed by atoms with Crippen LogP contribution in [-0.2, 0) is 14.3 Å². The maximum atomic E-state index is 11.5. The minimum Gasteiger partial charge on any atom is -0.493 e. The highest BCUT2D eigenvalue weighted by Gasteiger charge is 2.22. The number of aromatic nitrogens is 1. The van der Waals surface area contributed by atoms with Crippen LogP contribution >= 0.6 is 0 Å². The Morgan fingerprint density at radius 2 is 1.76 bits per heavy atom. The smallest absolute Gasteiger partial charge is 0.268 e. The molecule has 2 aromatic carbocycles. The molecule has 0 spiro atoms. The summed E-state index contributed by atoms with van der Waals surface area (Å²) in [5.74, 6) is 3.12. The molecule has 1 saturated heterocycles. The van der Waals surface area contributed by atoms with Gasteiger partial charge in [0, 0.05) is 24.2 Å². The predicted molar refractivity (Wildman–Crippen MR) is 130 cm³/mol. The maximum absolute atomic E-state index is 11.5. The van der Waals surface area contributed by atoms with Gasteiger partial charge >= 0.3 is 0 Å². The summed E-state index contributed by atoms with van der Waals surface area (Å²) in [6.45, 7) is 2.72. The molecule has 0 unspecified atom stereocenters. The van der Waals surface area contributed by atoms with Gasteiger partial charge in [0.15, 0.2) is 11.5 Å². The zero-order chi connectivity index (χ0) is 24.0. The molecule has 1 fully saturated rings. The zero-order valence-electron chi connectivity index (χ0n) is 19.5. The number of para-hydroxylation sites is 1. The number of fused-ring (bicyclic) bond motifs is 1. The fourth-order valence-corrected chi connectivity index (χ4v) is 4.66. The molecule has 0 amide bonds. The highest BCUT2D eigenvalue weighted by atomic mass is 32.2. The molecule has 0 atom stereocenters. The van der Waals surface area contributed by atoms with Gasteiger partial charge in [-0.2, -0.15) is 8.42 Å². The lowest BCUT2D eigenvalue weighted by Crippen LogP contribution is -2.38. The number of nitrogens with zero attached hydrogens (tertiary/aromatic N) is 2. The highest BCUT2D eigenvalue weighted by molar-refractivity contribution is 7.86. The lowest BCUT2D eigenvalue weighted by atomic mass is 9.98. The summed E-state index contributed by atoms with van der Waals surface area (Å²) in [6.07, 6.45) is 3.60. The third-order valence-corrected chi connectivity index (χ3v) is 7.24. The lowest BCUT2D eigenvalue weighted by Gasteiger charge is -2.31. The van der Waals surface area contributed by atoms with Gasteiger partial charge in [-0.25, -0.2) is 0 Å². The molecular formula is C25H30N2O6S. The number of benzene rings is 2. The molecule has 9 heteroatoms. The van der Waals surface area contributed by atoms with E-state index < -0.39 is 10.1 Å². The molecule has 1 aromatic heterocycles. The van der Waals surface area contributed by atoms with Crippen LogP contribution in [0.25, 0.3) is 10.9 Å². The molecule has 3 aromatic rings. The van der Waals surface area contributed by atoms with E-state index in [1.54, 1.807) is 13.3 Å². The fourth-order valence-electron chi connectivity index (χ4n) is 4.01. The zero-order valence-corrected chi connectivity index (χ0v) is 20.3. The lowest BCUT2D eigenvalue weighted by molar-refractivity contribution is 0.144. The molecule has 182 valence electrons. The number of pyridine rings is 1. The Kier molecular flexibility index (Phi) is 7.87. The first-order valence-electron chi connectivity index (χ1n) is 11.3. The van der Waals surface area contributed by atoms with Crippen LogP contribution in [0.5, 0.6) is 23.0 Å². The number of ether oxygens (including phenoxy) is 3. The predicted octanol–water partition coefficient (Wildman–Crippen LogP) is 4.10. The van der Waals surface area contributed by atoms with Crippen LogP contribution in [0.4, 0.5) is 0 Å². The van der Waals surface area contributed by atoms with Crippen molar-refractivity contribution >= 4 is 21.0 Å². The third-order valence-electron chi connectivity index (χ3n) is 6.05. The third kappa shape index (κ3) is 6.16. The number of hydrogen-bond donors (Lipinski definition) is 0. The Balaban J connectivity index is 1.39. The van der Waals surface area contributed by atoms with E-state index in [9.17, 15) is 8.42 Å². The summed E-state index contributed by atoms with van der Waals surface area (Å²) >= 11 is 0. The van der Waals surface area contributed by atoms with Gasteiger partial charge in [0.1, 0.15) is 11.5 Å². The van der Waals surface area contributed by atoms with Gasteiger partial charge in [-0.15, -0.1) is 0 Å². The van der Waals surface area contributed by atoms with Gasteiger partial charge in [-0.05, 0) is 56.1 Å². The van der Waals surface area contributed by atoms with Gasteiger partial charge in [0.25, 0.3) is 10.1 Å². The van der Waals surface area contributed by atoms with Crippen molar-refractivity contribution in [1.29, 1.82) is 0 Å².